The minimum Gasteiger partial charge on any atom is -0.461 e. The molecule has 1 aliphatic carbocycles. The highest BCUT2D eigenvalue weighted by Crippen LogP contribution is 2.51. The fourth-order valence-electron chi connectivity index (χ4n) is 6.10. The van der Waals surface area contributed by atoms with E-state index in [4.69, 9.17) is 4.74 Å². The van der Waals surface area contributed by atoms with E-state index >= 15 is 0 Å². The van der Waals surface area contributed by atoms with Gasteiger partial charge in [-0.15, -0.1) is 6.58 Å². The summed E-state index contributed by atoms with van der Waals surface area (Å²) in [6.07, 6.45) is 7.76. The molecule has 40 heavy (non-hydrogen) atoms. The number of anilines is 2. The highest BCUT2D eigenvalue weighted by Gasteiger charge is 2.37. The van der Waals surface area contributed by atoms with E-state index in [1.165, 1.54) is 33.4 Å². The molecule has 0 saturated heterocycles. The van der Waals surface area contributed by atoms with Crippen molar-refractivity contribution in [2.45, 2.75) is 79.1 Å². The molecule has 0 amide bonds. The first-order valence-corrected chi connectivity index (χ1v) is 14.6. The topological polar surface area (TPSA) is 12.5 Å². The van der Waals surface area contributed by atoms with E-state index in [-0.39, 0.29) is 10.8 Å². The molecule has 5 rings (SSSR count). The van der Waals surface area contributed by atoms with Gasteiger partial charge in [0.15, 0.2) is 0 Å². The van der Waals surface area contributed by atoms with Crippen molar-refractivity contribution in [3.05, 3.63) is 126 Å². The quantitative estimate of drug-likeness (QED) is 0.222. The molecule has 0 atom stereocenters. The molecule has 3 aromatic rings. The molecule has 1 heterocycles. The van der Waals surface area contributed by atoms with Crippen LogP contribution in [0.1, 0.15) is 84.9 Å². The van der Waals surface area contributed by atoms with Crippen molar-refractivity contribution in [3.8, 4) is 16.9 Å². The van der Waals surface area contributed by atoms with Crippen LogP contribution in [0.15, 0.2) is 109 Å². The lowest BCUT2D eigenvalue weighted by atomic mass is 9.75. The van der Waals surface area contributed by atoms with Gasteiger partial charge in [0, 0.05) is 46.0 Å². The highest BCUT2D eigenvalue weighted by atomic mass is 16.5. The van der Waals surface area contributed by atoms with Crippen LogP contribution in [0.5, 0.6) is 5.75 Å². The molecular formula is C38H45NO. The van der Waals surface area contributed by atoms with Gasteiger partial charge in [-0.3, -0.25) is 0 Å². The monoisotopic (exact) mass is 531 g/mol. The Morgan fingerprint density at radius 2 is 1.48 bits per heavy atom. The third-order valence-electron chi connectivity index (χ3n) is 8.65. The van der Waals surface area contributed by atoms with Gasteiger partial charge in [0.2, 0.25) is 0 Å². The Hall–Kier alpha value is -3.78. The SMILES string of the molecule is C=CCCC1=C(C)C(C)(C)c2ccc(N(/C(C=C)=C/C)c3ccc4c(c3)C(C)(C)c3ccccc3-4)cc2O1.CC. The van der Waals surface area contributed by atoms with E-state index in [1.807, 2.05) is 26.0 Å². The smallest absolute Gasteiger partial charge is 0.133 e. The van der Waals surface area contributed by atoms with E-state index in [0.29, 0.717) is 0 Å². The molecule has 0 aromatic heterocycles. The second-order valence-corrected chi connectivity index (χ2v) is 11.4. The van der Waals surface area contributed by atoms with Gasteiger partial charge in [-0.1, -0.05) is 96.7 Å². The predicted molar refractivity (Wildman–Crippen MR) is 174 cm³/mol. The second-order valence-electron chi connectivity index (χ2n) is 11.4. The standard InChI is InChI=1S/C36H39NO.C2H6/c1-9-12-17-33-24(4)35(5,6)31-21-19-27(23-34(31)38-33)37(25(10-2)11-3)26-18-20-29-28-15-13-14-16-30(28)36(7,8)32(29)22-26;1-2/h9-11,13-16,18-23H,1-2,12,17H2,3-8H3;1-2H3/b25-11+;. The fraction of sp³-hybridized carbons (Fsp3) is 0.316. The zero-order chi connectivity index (χ0) is 29.2. The fourth-order valence-corrected chi connectivity index (χ4v) is 6.10. The maximum atomic E-state index is 6.56. The van der Waals surface area contributed by atoms with Gasteiger partial charge in [0.05, 0.1) is 0 Å². The Labute approximate surface area is 242 Å². The van der Waals surface area contributed by atoms with Gasteiger partial charge in [0.25, 0.3) is 0 Å². The van der Waals surface area contributed by atoms with Crippen LogP contribution in [0.3, 0.4) is 0 Å². The van der Waals surface area contributed by atoms with E-state index in [2.05, 4.69) is 126 Å². The normalized spacial score (nSPS) is 16.1. The van der Waals surface area contributed by atoms with Gasteiger partial charge in [-0.2, -0.15) is 0 Å². The molecule has 3 aromatic carbocycles. The van der Waals surface area contributed by atoms with Crippen LogP contribution < -0.4 is 9.64 Å². The Balaban J connectivity index is 0.00000181. The molecule has 2 nitrogen and oxygen atoms in total. The van der Waals surface area contributed by atoms with Crippen LogP contribution >= 0.6 is 0 Å². The van der Waals surface area contributed by atoms with Gasteiger partial charge >= 0.3 is 0 Å². The second kappa shape index (κ2) is 11.4. The molecule has 208 valence electrons. The first-order valence-electron chi connectivity index (χ1n) is 14.6. The van der Waals surface area contributed by atoms with Crippen LogP contribution in [0.4, 0.5) is 11.4 Å². The average molecular weight is 532 g/mol. The van der Waals surface area contributed by atoms with Crippen molar-refractivity contribution in [1.29, 1.82) is 0 Å². The maximum absolute atomic E-state index is 6.56. The van der Waals surface area contributed by atoms with E-state index < -0.39 is 0 Å². The first kappa shape index (κ1) is 29.2. The number of hydrogen-bond acceptors (Lipinski definition) is 2. The Morgan fingerprint density at radius 3 is 2.15 bits per heavy atom. The van der Waals surface area contributed by atoms with Crippen LogP contribution in [-0.2, 0) is 10.8 Å². The molecule has 1 aliphatic heterocycles. The van der Waals surface area contributed by atoms with Gasteiger partial charge in [-0.25, -0.2) is 0 Å². The zero-order valence-corrected chi connectivity index (χ0v) is 25.7. The molecular weight excluding hydrogens is 486 g/mol. The molecule has 2 aliphatic rings. The van der Waals surface area contributed by atoms with Crippen molar-refractivity contribution in [2.24, 2.45) is 0 Å². The van der Waals surface area contributed by atoms with Crippen molar-refractivity contribution in [2.75, 3.05) is 4.90 Å². The zero-order valence-electron chi connectivity index (χ0n) is 25.7. The average Bonchev–Trinajstić information content (AvgIpc) is 3.20. The minimum absolute atomic E-state index is 0.0662. The molecule has 0 radical (unpaired) electrons. The summed E-state index contributed by atoms with van der Waals surface area (Å²) in [7, 11) is 0. The van der Waals surface area contributed by atoms with Crippen molar-refractivity contribution in [1.82, 2.24) is 0 Å². The third kappa shape index (κ3) is 4.74. The first-order chi connectivity index (χ1) is 19.1. The predicted octanol–water partition coefficient (Wildman–Crippen LogP) is 11.2. The molecule has 0 N–H and O–H groups in total. The molecule has 0 saturated carbocycles. The van der Waals surface area contributed by atoms with E-state index in [1.54, 1.807) is 0 Å². The summed E-state index contributed by atoms with van der Waals surface area (Å²) in [5.74, 6) is 1.98. The number of rotatable bonds is 7. The third-order valence-corrected chi connectivity index (χ3v) is 8.65. The number of benzene rings is 3. The number of fused-ring (bicyclic) bond motifs is 4. The summed E-state index contributed by atoms with van der Waals surface area (Å²) in [5.41, 5.74) is 10.9. The van der Waals surface area contributed by atoms with Crippen molar-refractivity contribution in [3.63, 3.8) is 0 Å². The largest absolute Gasteiger partial charge is 0.461 e. The van der Waals surface area contributed by atoms with Crippen LogP contribution in [0, 0.1) is 0 Å². The van der Waals surface area contributed by atoms with Gasteiger partial charge < -0.3 is 9.64 Å². The summed E-state index contributed by atoms with van der Waals surface area (Å²) in [5, 5.41) is 0. The van der Waals surface area contributed by atoms with Gasteiger partial charge in [-0.05, 0) is 72.4 Å². The lowest BCUT2D eigenvalue weighted by molar-refractivity contribution is 0.350. The summed E-state index contributed by atoms with van der Waals surface area (Å²) < 4.78 is 6.56. The summed E-state index contributed by atoms with van der Waals surface area (Å²) >= 11 is 0. The van der Waals surface area contributed by atoms with E-state index in [9.17, 15) is 0 Å². The molecule has 0 fully saturated rings. The van der Waals surface area contributed by atoms with Crippen LogP contribution in [-0.4, -0.2) is 0 Å². The lowest BCUT2D eigenvalue weighted by Crippen LogP contribution is -2.27. The van der Waals surface area contributed by atoms with Crippen molar-refractivity contribution < 1.29 is 4.74 Å². The number of ether oxygens (including phenoxy) is 1. The maximum Gasteiger partial charge on any atom is 0.133 e. The van der Waals surface area contributed by atoms with E-state index in [0.717, 1.165) is 41.4 Å². The summed E-state index contributed by atoms with van der Waals surface area (Å²) in [6, 6.07) is 22.3. The number of allylic oxidation sites excluding steroid dienone is 5. The minimum atomic E-state index is -0.0985. The Bertz CT molecular complexity index is 1500. The Morgan fingerprint density at radius 1 is 0.825 bits per heavy atom. The molecule has 0 unspecified atom stereocenters. The summed E-state index contributed by atoms with van der Waals surface area (Å²) in [6.45, 7) is 25.5. The van der Waals surface area contributed by atoms with Gasteiger partial charge in [0.1, 0.15) is 11.5 Å². The highest BCUT2D eigenvalue weighted by molar-refractivity contribution is 5.84. The Kier molecular flexibility index (Phi) is 8.30. The summed E-state index contributed by atoms with van der Waals surface area (Å²) in [4.78, 5) is 2.29. The van der Waals surface area contributed by atoms with Crippen LogP contribution in [0.25, 0.3) is 11.1 Å². The number of hydrogen-bond donors (Lipinski definition) is 0. The lowest BCUT2D eigenvalue weighted by Gasteiger charge is -2.36. The molecule has 0 bridgehead atoms. The van der Waals surface area contributed by atoms with Crippen LogP contribution in [0.2, 0.25) is 0 Å². The molecule has 2 heteroatoms. The van der Waals surface area contributed by atoms with Crippen molar-refractivity contribution >= 4 is 11.4 Å². The molecule has 0 spiro atoms. The number of nitrogens with zero attached hydrogens (tertiary/aromatic N) is 1.